The lowest BCUT2D eigenvalue weighted by Crippen LogP contribution is -2.31. The fraction of sp³-hybridized carbons (Fsp3) is 0.263. The lowest BCUT2D eigenvalue weighted by atomic mass is 10.1. The number of nitrogens with one attached hydrogen (secondary N) is 1. The fourth-order valence-corrected chi connectivity index (χ4v) is 3.02. The van der Waals surface area contributed by atoms with Crippen molar-refractivity contribution in [3.63, 3.8) is 0 Å². The molecule has 7 heteroatoms. The van der Waals surface area contributed by atoms with Gasteiger partial charge in [-0.05, 0) is 37.1 Å². The van der Waals surface area contributed by atoms with E-state index in [4.69, 9.17) is 4.74 Å². The zero-order valence-electron chi connectivity index (χ0n) is 14.9. The van der Waals surface area contributed by atoms with Crippen molar-refractivity contribution in [3.8, 4) is 0 Å². The van der Waals surface area contributed by atoms with Crippen LogP contribution in [0.3, 0.4) is 0 Å². The van der Waals surface area contributed by atoms with Crippen molar-refractivity contribution in [2.45, 2.75) is 24.8 Å². The molecule has 138 valence electrons. The molecule has 0 heterocycles. The molecule has 0 saturated carbocycles. The van der Waals surface area contributed by atoms with E-state index in [-0.39, 0.29) is 16.5 Å². The molecule has 1 N–H and O–H groups in total. The molecule has 26 heavy (non-hydrogen) atoms. The van der Waals surface area contributed by atoms with Crippen LogP contribution in [0, 0.1) is 6.92 Å². The summed E-state index contributed by atoms with van der Waals surface area (Å²) in [5, 5.41) is 2.74. The molecule has 1 amide bonds. The molecular formula is C19H21NO5S. The molecule has 0 aromatic heterocycles. The van der Waals surface area contributed by atoms with Crippen molar-refractivity contribution in [3.05, 3.63) is 65.2 Å². The molecule has 0 spiro atoms. The third kappa shape index (κ3) is 5.16. The zero-order valence-corrected chi connectivity index (χ0v) is 15.7. The Labute approximate surface area is 153 Å². The number of rotatable bonds is 6. The summed E-state index contributed by atoms with van der Waals surface area (Å²) in [6.45, 7) is 3.05. The van der Waals surface area contributed by atoms with Crippen LogP contribution in [0.5, 0.6) is 0 Å². The molecular weight excluding hydrogens is 354 g/mol. The molecule has 0 radical (unpaired) electrons. The van der Waals surface area contributed by atoms with Crippen LogP contribution in [0.25, 0.3) is 0 Å². The lowest BCUT2D eigenvalue weighted by molar-refractivity contribution is -0.124. The van der Waals surface area contributed by atoms with Crippen molar-refractivity contribution in [1.82, 2.24) is 5.32 Å². The van der Waals surface area contributed by atoms with Gasteiger partial charge < -0.3 is 10.1 Å². The highest BCUT2D eigenvalue weighted by Gasteiger charge is 2.17. The van der Waals surface area contributed by atoms with Gasteiger partial charge in [0.15, 0.2) is 16.4 Å². The Morgan fingerprint density at radius 3 is 2.38 bits per heavy atom. The lowest BCUT2D eigenvalue weighted by Gasteiger charge is -2.14. The molecule has 1 atom stereocenters. The summed E-state index contributed by atoms with van der Waals surface area (Å²) < 4.78 is 28.3. The molecule has 2 aromatic rings. The van der Waals surface area contributed by atoms with Crippen LogP contribution in [0.15, 0.2) is 53.4 Å². The number of esters is 1. The second-order valence-corrected chi connectivity index (χ2v) is 8.04. The molecule has 6 nitrogen and oxygen atoms in total. The molecule has 0 fully saturated rings. The summed E-state index contributed by atoms with van der Waals surface area (Å²) >= 11 is 0. The largest absolute Gasteiger partial charge is 0.452 e. The Kier molecular flexibility index (Phi) is 6.15. The van der Waals surface area contributed by atoms with Gasteiger partial charge in [0.05, 0.1) is 16.5 Å². The molecule has 2 rings (SSSR count). The van der Waals surface area contributed by atoms with E-state index in [0.717, 1.165) is 11.8 Å². The number of sulfone groups is 1. The van der Waals surface area contributed by atoms with Crippen LogP contribution in [0.4, 0.5) is 0 Å². The van der Waals surface area contributed by atoms with Gasteiger partial charge in [-0.3, -0.25) is 4.79 Å². The van der Waals surface area contributed by atoms with Crippen molar-refractivity contribution in [2.75, 3.05) is 12.9 Å². The monoisotopic (exact) mass is 375 g/mol. The average Bonchev–Trinajstić information content (AvgIpc) is 2.59. The van der Waals surface area contributed by atoms with E-state index in [1.165, 1.54) is 18.2 Å². The second-order valence-electron chi connectivity index (χ2n) is 6.02. The summed E-state index contributed by atoms with van der Waals surface area (Å²) in [4.78, 5) is 24.2. The van der Waals surface area contributed by atoms with Crippen LogP contribution in [-0.4, -0.2) is 33.2 Å². The van der Waals surface area contributed by atoms with Gasteiger partial charge in [0, 0.05) is 6.26 Å². The maximum Gasteiger partial charge on any atom is 0.338 e. The van der Waals surface area contributed by atoms with Crippen molar-refractivity contribution in [2.24, 2.45) is 0 Å². The Morgan fingerprint density at radius 2 is 1.77 bits per heavy atom. The van der Waals surface area contributed by atoms with Crippen LogP contribution in [0.2, 0.25) is 0 Å². The van der Waals surface area contributed by atoms with E-state index in [9.17, 15) is 18.0 Å². The fourth-order valence-electron chi connectivity index (χ4n) is 2.37. The van der Waals surface area contributed by atoms with Gasteiger partial charge in [-0.25, -0.2) is 13.2 Å². The second kappa shape index (κ2) is 8.14. The first-order chi connectivity index (χ1) is 12.2. The number of hydrogen-bond donors (Lipinski definition) is 1. The first-order valence-electron chi connectivity index (χ1n) is 8.00. The topological polar surface area (TPSA) is 89.5 Å². The first-order valence-corrected chi connectivity index (χ1v) is 9.90. The normalized spacial score (nSPS) is 12.3. The summed E-state index contributed by atoms with van der Waals surface area (Å²) in [5.41, 5.74) is 1.63. The first kappa shape index (κ1) is 19.7. The van der Waals surface area contributed by atoms with E-state index in [1.807, 2.05) is 37.3 Å². The van der Waals surface area contributed by atoms with Crippen LogP contribution in [0.1, 0.15) is 34.5 Å². The Morgan fingerprint density at radius 1 is 1.12 bits per heavy atom. The minimum Gasteiger partial charge on any atom is -0.452 e. The third-order valence-corrected chi connectivity index (χ3v) is 4.98. The van der Waals surface area contributed by atoms with Crippen LogP contribution in [-0.2, 0) is 19.4 Å². The summed E-state index contributed by atoms with van der Waals surface area (Å²) in [7, 11) is -3.44. The molecule has 1 unspecified atom stereocenters. The van der Waals surface area contributed by atoms with E-state index >= 15 is 0 Å². The molecule has 0 saturated heterocycles. The maximum atomic E-state index is 12.2. The Hall–Kier alpha value is -2.67. The van der Waals surface area contributed by atoms with Crippen LogP contribution >= 0.6 is 0 Å². The van der Waals surface area contributed by atoms with Gasteiger partial charge >= 0.3 is 5.97 Å². The number of benzene rings is 2. The van der Waals surface area contributed by atoms with E-state index in [0.29, 0.717) is 5.56 Å². The zero-order chi connectivity index (χ0) is 19.3. The summed E-state index contributed by atoms with van der Waals surface area (Å²) in [6, 6.07) is 13.4. The van der Waals surface area contributed by atoms with E-state index in [2.05, 4.69) is 5.32 Å². The van der Waals surface area contributed by atoms with Gasteiger partial charge in [0.25, 0.3) is 5.91 Å². The van der Waals surface area contributed by atoms with Gasteiger partial charge in [0.1, 0.15) is 0 Å². The number of hydrogen-bond acceptors (Lipinski definition) is 5. The smallest absolute Gasteiger partial charge is 0.338 e. The SMILES string of the molecule is Cc1ccc(S(C)(=O)=O)cc1C(=O)OCC(=O)NC(C)c1ccccc1. The number of carbonyl (C=O) groups is 2. The van der Waals surface area contributed by atoms with Gasteiger partial charge in [-0.1, -0.05) is 36.4 Å². The average molecular weight is 375 g/mol. The van der Waals surface area contributed by atoms with Gasteiger partial charge in [0.2, 0.25) is 0 Å². The molecule has 2 aromatic carbocycles. The number of carbonyl (C=O) groups excluding carboxylic acids is 2. The minimum absolute atomic E-state index is 0.0252. The predicted molar refractivity (Wildman–Crippen MR) is 97.6 cm³/mol. The van der Waals surface area contributed by atoms with Crippen LogP contribution < -0.4 is 5.32 Å². The number of aryl methyl sites for hydroxylation is 1. The predicted octanol–water partition coefficient (Wildman–Crippen LogP) is 2.43. The maximum absolute atomic E-state index is 12.2. The van der Waals surface area contributed by atoms with Crippen molar-refractivity contribution < 1.29 is 22.7 Å². The Bertz CT molecular complexity index is 907. The highest BCUT2D eigenvalue weighted by atomic mass is 32.2. The van der Waals surface area contributed by atoms with Gasteiger partial charge in [-0.15, -0.1) is 0 Å². The Balaban J connectivity index is 1.99. The molecule has 0 aliphatic rings. The molecule has 0 bridgehead atoms. The molecule has 0 aliphatic carbocycles. The quantitative estimate of drug-likeness (QED) is 0.783. The third-order valence-electron chi connectivity index (χ3n) is 3.87. The van der Waals surface area contributed by atoms with E-state index in [1.54, 1.807) is 6.92 Å². The molecule has 0 aliphatic heterocycles. The summed E-state index contributed by atoms with van der Waals surface area (Å²) in [6.07, 6.45) is 1.06. The number of ether oxygens (including phenoxy) is 1. The highest BCUT2D eigenvalue weighted by Crippen LogP contribution is 2.17. The minimum atomic E-state index is -3.44. The van der Waals surface area contributed by atoms with E-state index < -0.39 is 28.3 Å². The summed E-state index contributed by atoms with van der Waals surface area (Å²) in [5.74, 6) is -1.18. The van der Waals surface area contributed by atoms with Gasteiger partial charge in [-0.2, -0.15) is 0 Å². The standard InChI is InChI=1S/C19H21NO5S/c1-13-9-10-16(26(3,23)24)11-17(13)19(22)25-12-18(21)20-14(2)15-7-5-4-6-8-15/h4-11,14H,12H2,1-3H3,(H,20,21). The number of amides is 1. The highest BCUT2D eigenvalue weighted by molar-refractivity contribution is 7.90. The van der Waals surface area contributed by atoms with Crippen molar-refractivity contribution >= 4 is 21.7 Å². The van der Waals surface area contributed by atoms with Crippen molar-refractivity contribution in [1.29, 1.82) is 0 Å².